The molecule has 0 saturated heterocycles. The summed E-state index contributed by atoms with van der Waals surface area (Å²) < 4.78 is 25.9. The van der Waals surface area contributed by atoms with Crippen molar-refractivity contribution < 1.29 is 8.42 Å². The lowest BCUT2D eigenvalue weighted by Crippen LogP contribution is -2.02. The third-order valence-corrected chi connectivity index (χ3v) is 6.25. The number of rotatable bonds is 2. The molecule has 112 valence electrons. The molecule has 0 radical (unpaired) electrons. The van der Waals surface area contributed by atoms with E-state index in [0.29, 0.717) is 9.79 Å². The Hall–Kier alpha value is -2.07. The van der Waals surface area contributed by atoms with E-state index >= 15 is 0 Å². The number of hydrogen-bond acceptors (Lipinski definition) is 2. The smallest absolute Gasteiger partial charge is 0.208 e. The van der Waals surface area contributed by atoms with Crippen molar-refractivity contribution in [3.63, 3.8) is 0 Å². The van der Waals surface area contributed by atoms with Gasteiger partial charge < -0.3 is 4.98 Å². The minimum Gasteiger partial charge on any atom is -0.357 e. The molecular weight excluding hydrogens is 294 g/mol. The molecule has 1 aliphatic carbocycles. The van der Waals surface area contributed by atoms with Gasteiger partial charge in [-0.25, -0.2) is 8.42 Å². The molecule has 0 fully saturated rings. The number of hydrogen-bond donors (Lipinski definition) is 1. The number of H-pyrrole nitrogens is 1. The summed E-state index contributed by atoms with van der Waals surface area (Å²) in [6, 6.07) is 14.2. The number of benzene rings is 2. The molecular formula is C18H17NO2S. The van der Waals surface area contributed by atoms with Gasteiger partial charge in [-0.1, -0.05) is 30.3 Å². The summed E-state index contributed by atoms with van der Waals surface area (Å²) >= 11 is 0. The van der Waals surface area contributed by atoms with Crippen LogP contribution in [0.1, 0.15) is 24.1 Å². The van der Waals surface area contributed by atoms with Gasteiger partial charge in [0.1, 0.15) is 0 Å². The third kappa shape index (κ3) is 1.98. The summed E-state index contributed by atoms with van der Waals surface area (Å²) in [5.41, 5.74) is 3.27. The average molecular weight is 311 g/mol. The maximum Gasteiger partial charge on any atom is 0.208 e. The molecule has 1 N–H and O–H groups in total. The van der Waals surface area contributed by atoms with E-state index in [1.807, 2.05) is 18.2 Å². The number of nitrogens with one attached hydrogen (secondary N) is 1. The lowest BCUT2D eigenvalue weighted by Gasteiger charge is -2.10. The monoisotopic (exact) mass is 311 g/mol. The first-order valence-electron chi connectivity index (χ1n) is 7.60. The van der Waals surface area contributed by atoms with Gasteiger partial charge in [0.25, 0.3) is 0 Å². The zero-order valence-electron chi connectivity index (χ0n) is 12.2. The molecule has 0 amide bonds. The van der Waals surface area contributed by atoms with E-state index in [-0.39, 0.29) is 0 Å². The summed E-state index contributed by atoms with van der Waals surface area (Å²) in [6.45, 7) is 0. The summed E-state index contributed by atoms with van der Waals surface area (Å²) in [5, 5.41) is 1.06. The fraction of sp³-hybridized carbons (Fsp3) is 0.222. The Morgan fingerprint density at radius 1 is 0.864 bits per heavy atom. The molecule has 0 unspecified atom stereocenters. The van der Waals surface area contributed by atoms with Gasteiger partial charge >= 0.3 is 0 Å². The van der Waals surface area contributed by atoms with Gasteiger partial charge in [0, 0.05) is 11.1 Å². The molecule has 0 atom stereocenters. The molecule has 0 aliphatic heterocycles. The first-order chi connectivity index (χ1) is 10.7. The highest BCUT2D eigenvalue weighted by Crippen LogP contribution is 2.34. The minimum absolute atomic E-state index is 0.343. The van der Waals surface area contributed by atoms with Crippen LogP contribution in [0.15, 0.2) is 58.3 Å². The summed E-state index contributed by atoms with van der Waals surface area (Å²) in [6.07, 6.45) is 4.38. The second-order valence-corrected chi connectivity index (χ2v) is 7.70. The number of sulfone groups is 1. The van der Waals surface area contributed by atoms with Crippen LogP contribution < -0.4 is 0 Å². The standard InChI is InChI=1S/C18H17NO2S/c20-22(21,13-7-2-1-3-8-13)17-12-6-10-15-14-9-4-5-11-16(14)19-18(15)17/h1-3,6-8,10,12,19H,4-5,9,11H2. The molecule has 4 rings (SSSR count). The highest BCUT2D eigenvalue weighted by molar-refractivity contribution is 7.91. The van der Waals surface area contributed by atoms with Crippen molar-refractivity contribution in [1.29, 1.82) is 0 Å². The van der Waals surface area contributed by atoms with Crippen LogP contribution in [0.5, 0.6) is 0 Å². The van der Waals surface area contributed by atoms with Crippen molar-refractivity contribution in [1.82, 2.24) is 4.98 Å². The molecule has 0 saturated carbocycles. The van der Waals surface area contributed by atoms with Crippen molar-refractivity contribution in [3.05, 3.63) is 59.8 Å². The van der Waals surface area contributed by atoms with E-state index in [2.05, 4.69) is 4.98 Å². The quantitative estimate of drug-likeness (QED) is 0.781. The van der Waals surface area contributed by atoms with E-state index in [0.717, 1.165) is 23.7 Å². The van der Waals surface area contributed by atoms with Gasteiger partial charge in [0.2, 0.25) is 9.84 Å². The SMILES string of the molecule is O=S(=O)(c1ccccc1)c1cccc2c3c([nH]c12)CCCC3. The average Bonchev–Trinajstić information content (AvgIpc) is 2.94. The van der Waals surface area contributed by atoms with Crippen molar-refractivity contribution in [3.8, 4) is 0 Å². The zero-order valence-corrected chi connectivity index (χ0v) is 13.0. The van der Waals surface area contributed by atoms with E-state index in [1.54, 1.807) is 30.3 Å². The molecule has 1 aliphatic rings. The summed E-state index contributed by atoms with van der Waals surface area (Å²) in [4.78, 5) is 4.10. The Morgan fingerprint density at radius 2 is 1.64 bits per heavy atom. The van der Waals surface area contributed by atoms with Gasteiger partial charge in [-0.3, -0.25) is 0 Å². The highest BCUT2D eigenvalue weighted by Gasteiger charge is 2.24. The predicted octanol–water partition coefficient (Wildman–Crippen LogP) is 3.88. The maximum absolute atomic E-state index is 12.9. The molecule has 1 aromatic heterocycles. The van der Waals surface area contributed by atoms with Crippen LogP contribution in [-0.2, 0) is 22.7 Å². The Morgan fingerprint density at radius 3 is 2.45 bits per heavy atom. The van der Waals surface area contributed by atoms with Gasteiger partial charge in [0.05, 0.1) is 15.3 Å². The first kappa shape index (κ1) is 13.6. The second kappa shape index (κ2) is 4.99. The number of aryl methyl sites for hydroxylation is 2. The Bertz CT molecular complexity index is 940. The van der Waals surface area contributed by atoms with Crippen molar-refractivity contribution in [2.75, 3.05) is 0 Å². The molecule has 4 heteroatoms. The molecule has 1 heterocycles. The Kier molecular flexibility index (Phi) is 3.08. The molecule has 22 heavy (non-hydrogen) atoms. The normalized spacial score (nSPS) is 14.9. The van der Waals surface area contributed by atoms with E-state index in [4.69, 9.17) is 0 Å². The van der Waals surface area contributed by atoms with E-state index in [1.165, 1.54) is 24.1 Å². The highest BCUT2D eigenvalue weighted by atomic mass is 32.2. The number of fused-ring (bicyclic) bond motifs is 3. The van der Waals surface area contributed by atoms with Crippen molar-refractivity contribution >= 4 is 20.7 Å². The van der Waals surface area contributed by atoms with Gasteiger partial charge in [-0.05, 0) is 49.4 Å². The number of para-hydroxylation sites is 1. The van der Waals surface area contributed by atoms with E-state index < -0.39 is 9.84 Å². The van der Waals surface area contributed by atoms with Crippen LogP contribution in [0.25, 0.3) is 10.9 Å². The predicted molar refractivity (Wildman–Crippen MR) is 86.8 cm³/mol. The fourth-order valence-electron chi connectivity index (χ4n) is 3.35. The van der Waals surface area contributed by atoms with Crippen LogP contribution in [0.3, 0.4) is 0 Å². The van der Waals surface area contributed by atoms with Crippen LogP contribution in [0, 0.1) is 0 Å². The van der Waals surface area contributed by atoms with Crippen molar-refractivity contribution in [2.24, 2.45) is 0 Å². The Balaban J connectivity index is 1.98. The van der Waals surface area contributed by atoms with Crippen LogP contribution in [0.2, 0.25) is 0 Å². The van der Waals surface area contributed by atoms with Crippen molar-refractivity contribution in [2.45, 2.75) is 35.5 Å². The maximum atomic E-state index is 12.9. The third-order valence-electron chi connectivity index (χ3n) is 4.44. The largest absolute Gasteiger partial charge is 0.357 e. The van der Waals surface area contributed by atoms with Gasteiger partial charge in [0.15, 0.2) is 0 Å². The van der Waals surface area contributed by atoms with Crippen LogP contribution >= 0.6 is 0 Å². The summed E-state index contributed by atoms with van der Waals surface area (Å²) in [7, 11) is -3.50. The Labute approximate surface area is 129 Å². The van der Waals surface area contributed by atoms with Gasteiger partial charge in [-0.15, -0.1) is 0 Å². The topological polar surface area (TPSA) is 49.9 Å². The lowest BCUT2D eigenvalue weighted by molar-refractivity contribution is 0.597. The van der Waals surface area contributed by atoms with Crippen LogP contribution in [-0.4, -0.2) is 13.4 Å². The van der Waals surface area contributed by atoms with E-state index in [9.17, 15) is 8.42 Å². The molecule has 3 aromatic rings. The number of aromatic amines is 1. The first-order valence-corrected chi connectivity index (χ1v) is 9.09. The molecule has 3 nitrogen and oxygen atoms in total. The fourth-order valence-corrected chi connectivity index (χ4v) is 4.81. The minimum atomic E-state index is -3.50. The number of aromatic nitrogens is 1. The zero-order chi connectivity index (χ0) is 15.2. The summed E-state index contributed by atoms with van der Waals surface area (Å²) in [5.74, 6) is 0. The molecule has 2 aromatic carbocycles. The lowest BCUT2D eigenvalue weighted by atomic mass is 9.96. The second-order valence-electron chi connectivity index (χ2n) is 5.78. The van der Waals surface area contributed by atoms with Crippen LogP contribution in [0.4, 0.5) is 0 Å². The van der Waals surface area contributed by atoms with Gasteiger partial charge in [-0.2, -0.15) is 0 Å². The molecule has 0 spiro atoms. The molecule has 0 bridgehead atoms.